The van der Waals surface area contributed by atoms with Crippen molar-refractivity contribution < 1.29 is 9.18 Å². The highest BCUT2D eigenvalue weighted by Crippen LogP contribution is 2.29. The first-order valence-corrected chi connectivity index (χ1v) is 10.2. The molecular formula is C18H17BrFN5OS. The minimum Gasteiger partial charge on any atom is -0.346 e. The van der Waals surface area contributed by atoms with Crippen molar-refractivity contribution in [3.63, 3.8) is 0 Å². The van der Waals surface area contributed by atoms with Crippen LogP contribution >= 0.6 is 27.3 Å². The topological polar surface area (TPSA) is 63.1 Å². The minimum absolute atomic E-state index is 0.170. The first-order chi connectivity index (χ1) is 13.1. The molecule has 6 nitrogen and oxygen atoms in total. The average Bonchev–Trinajstić information content (AvgIpc) is 3.35. The van der Waals surface area contributed by atoms with Crippen LogP contribution in [0.2, 0.25) is 0 Å². The van der Waals surface area contributed by atoms with Gasteiger partial charge in [-0.25, -0.2) is 4.39 Å². The van der Waals surface area contributed by atoms with Gasteiger partial charge in [0.2, 0.25) is 16.2 Å². The monoisotopic (exact) mass is 449 g/mol. The van der Waals surface area contributed by atoms with Gasteiger partial charge >= 0.3 is 0 Å². The van der Waals surface area contributed by atoms with Crippen molar-refractivity contribution in [2.24, 2.45) is 5.92 Å². The van der Waals surface area contributed by atoms with Crippen LogP contribution in [0.25, 0.3) is 5.13 Å². The van der Waals surface area contributed by atoms with Gasteiger partial charge in [-0.1, -0.05) is 27.3 Å². The van der Waals surface area contributed by atoms with Crippen LogP contribution in [0.5, 0.6) is 0 Å². The average molecular weight is 450 g/mol. The third-order valence-corrected chi connectivity index (χ3v) is 5.97. The SMILES string of the molecule is O=C(Nc1ccc(Br)cc1F)[C@H]1CCCN(c2nnc(-n3cccc3)s2)C1. The first-order valence-electron chi connectivity index (χ1n) is 8.58. The lowest BCUT2D eigenvalue weighted by Gasteiger charge is -2.31. The van der Waals surface area contributed by atoms with Crippen LogP contribution in [-0.2, 0) is 4.79 Å². The second kappa shape index (κ2) is 7.77. The number of aromatic nitrogens is 3. The summed E-state index contributed by atoms with van der Waals surface area (Å²) >= 11 is 4.70. The second-order valence-corrected chi connectivity index (χ2v) is 8.21. The minimum atomic E-state index is -0.453. The molecule has 2 aromatic heterocycles. The van der Waals surface area contributed by atoms with E-state index in [-0.39, 0.29) is 17.5 Å². The molecule has 1 aliphatic rings. The summed E-state index contributed by atoms with van der Waals surface area (Å²) in [6.07, 6.45) is 5.48. The number of benzene rings is 1. The highest BCUT2D eigenvalue weighted by Gasteiger charge is 2.28. The summed E-state index contributed by atoms with van der Waals surface area (Å²) in [5.74, 6) is -0.845. The lowest BCUT2D eigenvalue weighted by Crippen LogP contribution is -2.40. The predicted octanol–water partition coefficient (Wildman–Crippen LogP) is 4.09. The van der Waals surface area contributed by atoms with Crippen molar-refractivity contribution >= 4 is 44.0 Å². The lowest BCUT2D eigenvalue weighted by atomic mass is 9.97. The molecule has 9 heteroatoms. The molecule has 1 amide bonds. The Labute approximate surface area is 168 Å². The lowest BCUT2D eigenvalue weighted by molar-refractivity contribution is -0.120. The smallest absolute Gasteiger partial charge is 0.229 e. The Morgan fingerprint density at radius 1 is 1.26 bits per heavy atom. The van der Waals surface area contributed by atoms with Gasteiger partial charge in [0.15, 0.2) is 0 Å². The summed E-state index contributed by atoms with van der Waals surface area (Å²) in [7, 11) is 0. The molecule has 3 aromatic rings. The summed E-state index contributed by atoms with van der Waals surface area (Å²) in [6.45, 7) is 1.38. The molecule has 27 heavy (non-hydrogen) atoms. The number of piperidine rings is 1. The van der Waals surface area contributed by atoms with Gasteiger partial charge in [0.05, 0.1) is 11.6 Å². The Morgan fingerprint density at radius 2 is 2.04 bits per heavy atom. The van der Waals surface area contributed by atoms with Crippen LogP contribution in [0.3, 0.4) is 0 Å². The molecule has 0 radical (unpaired) electrons. The van der Waals surface area contributed by atoms with Gasteiger partial charge in [-0.15, -0.1) is 10.2 Å². The van der Waals surface area contributed by atoms with E-state index in [0.717, 1.165) is 29.6 Å². The molecule has 1 aliphatic heterocycles. The molecule has 0 spiro atoms. The van der Waals surface area contributed by atoms with Gasteiger partial charge in [-0.2, -0.15) is 0 Å². The maximum absolute atomic E-state index is 14.0. The number of halogens is 2. The van der Waals surface area contributed by atoms with E-state index >= 15 is 0 Å². The van der Waals surface area contributed by atoms with Crippen molar-refractivity contribution in [3.8, 4) is 5.13 Å². The first kappa shape index (κ1) is 18.1. The normalized spacial score (nSPS) is 17.1. The van der Waals surface area contributed by atoms with E-state index in [1.54, 1.807) is 12.1 Å². The van der Waals surface area contributed by atoms with E-state index in [2.05, 4.69) is 36.3 Å². The third kappa shape index (κ3) is 4.03. The van der Waals surface area contributed by atoms with Crippen molar-refractivity contribution in [1.29, 1.82) is 0 Å². The van der Waals surface area contributed by atoms with E-state index in [1.807, 2.05) is 29.1 Å². The highest BCUT2D eigenvalue weighted by molar-refractivity contribution is 9.10. The zero-order valence-corrected chi connectivity index (χ0v) is 16.7. The summed E-state index contributed by atoms with van der Waals surface area (Å²) in [6, 6.07) is 8.47. The third-order valence-electron chi connectivity index (χ3n) is 4.48. The van der Waals surface area contributed by atoms with Gasteiger partial charge < -0.3 is 10.2 Å². The van der Waals surface area contributed by atoms with E-state index in [0.29, 0.717) is 11.0 Å². The molecule has 1 saturated heterocycles. The molecule has 140 valence electrons. The van der Waals surface area contributed by atoms with Crippen molar-refractivity contribution in [3.05, 3.63) is 53.0 Å². The summed E-state index contributed by atoms with van der Waals surface area (Å²) in [5.41, 5.74) is 0.200. The molecule has 4 rings (SSSR count). The number of nitrogens with one attached hydrogen (secondary N) is 1. The molecule has 0 saturated carbocycles. The van der Waals surface area contributed by atoms with Crippen molar-refractivity contribution in [2.45, 2.75) is 12.8 Å². The van der Waals surface area contributed by atoms with Crippen LogP contribution in [-0.4, -0.2) is 33.8 Å². The fraction of sp³-hybridized carbons (Fsp3) is 0.278. The summed E-state index contributed by atoms with van der Waals surface area (Å²) in [4.78, 5) is 14.7. The molecule has 1 N–H and O–H groups in total. The van der Waals surface area contributed by atoms with Crippen LogP contribution < -0.4 is 10.2 Å². The number of hydrogen-bond donors (Lipinski definition) is 1. The Morgan fingerprint density at radius 3 is 2.81 bits per heavy atom. The quantitative estimate of drug-likeness (QED) is 0.651. The van der Waals surface area contributed by atoms with Gasteiger partial charge in [0.1, 0.15) is 5.82 Å². The number of rotatable bonds is 4. The van der Waals surface area contributed by atoms with E-state index < -0.39 is 5.82 Å². The van der Waals surface area contributed by atoms with Crippen molar-refractivity contribution in [2.75, 3.05) is 23.3 Å². The molecule has 3 heterocycles. The highest BCUT2D eigenvalue weighted by atomic mass is 79.9. The van der Waals surface area contributed by atoms with Crippen LogP contribution in [0.4, 0.5) is 15.2 Å². The Kier molecular flexibility index (Phi) is 5.22. The van der Waals surface area contributed by atoms with Crippen LogP contribution in [0.1, 0.15) is 12.8 Å². The second-order valence-electron chi connectivity index (χ2n) is 6.36. The molecule has 1 aromatic carbocycles. The van der Waals surface area contributed by atoms with E-state index in [9.17, 15) is 9.18 Å². The number of amides is 1. The largest absolute Gasteiger partial charge is 0.346 e. The number of anilines is 2. The fourth-order valence-corrected chi connectivity index (χ4v) is 4.27. The summed E-state index contributed by atoms with van der Waals surface area (Å²) in [5, 5.41) is 12.8. The van der Waals surface area contributed by atoms with E-state index in [1.165, 1.54) is 17.4 Å². The molecule has 0 bridgehead atoms. The van der Waals surface area contributed by atoms with Gasteiger partial charge in [0.25, 0.3) is 0 Å². The molecule has 0 aliphatic carbocycles. The van der Waals surface area contributed by atoms with Gasteiger partial charge in [-0.3, -0.25) is 9.36 Å². The Balaban J connectivity index is 1.44. The number of carbonyl (C=O) groups is 1. The Hall–Kier alpha value is -2.26. The molecule has 1 atom stereocenters. The van der Waals surface area contributed by atoms with Gasteiger partial charge in [0, 0.05) is 30.0 Å². The molecule has 0 unspecified atom stereocenters. The Bertz CT molecular complexity index is 945. The number of nitrogens with zero attached hydrogens (tertiary/aromatic N) is 4. The van der Waals surface area contributed by atoms with Gasteiger partial charge in [-0.05, 0) is 43.2 Å². The zero-order chi connectivity index (χ0) is 18.8. The van der Waals surface area contributed by atoms with Crippen LogP contribution in [0, 0.1) is 11.7 Å². The number of carbonyl (C=O) groups excluding carboxylic acids is 1. The van der Waals surface area contributed by atoms with E-state index in [4.69, 9.17) is 0 Å². The molecule has 1 fully saturated rings. The fourth-order valence-electron chi connectivity index (χ4n) is 3.09. The maximum Gasteiger partial charge on any atom is 0.229 e. The number of hydrogen-bond acceptors (Lipinski definition) is 5. The standard InChI is InChI=1S/C18H17BrFN5OS/c19-13-5-6-15(14(20)10-13)21-16(26)12-4-3-9-25(11-12)18-23-22-17(27-18)24-7-1-2-8-24/h1-2,5-8,10,12H,3-4,9,11H2,(H,21,26)/t12-/m0/s1. The zero-order valence-electron chi connectivity index (χ0n) is 14.3. The predicted molar refractivity (Wildman–Crippen MR) is 107 cm³/mol. The van der Waals surface area contributed by atoms with Crippen molar-refractivity contribution in [1.82, 2.24) is 14.8 Å². The summed E-state index contributed by atoms with van der Waals surface area (Å²) < 4.78 is 16.5. The molecular weight excluding hydrogens is 433 g/mol. The van der Waals surface area contributed by atoms with Crippen LogP contribution in [0.15, 0.2) is 47.2 Å². The maximum atomic E-state index is 14.0.